The summed E-state index contributed by atoms with van der Waals surface area (Å²) < 4.78 is 49.8. The summed E-state index contributed by atoms with van der Waals surface area (Å²) >= 11 is 0. The summed E-state index contributed by atoms with van der Waals surface area (Å²) in [6.07, 6.45) is -5.69. The number of nitrogens with two attached hydrogens (primary N) is 1. The number of hydrogen-bond donors (Lipinski definition) is 2. The van der Waals surface area contributed by atoms with E-state index in [9.17, 15) is 17.6 Å². The zero-order chi connectivity index (χ0) is 12.5. The van der Waals surface area contributed by atoms with Gasteiger partial charge in [-0.3, -0.25) is 0 Å². The average molecular weight is 274 g/mol. The minimum Gasteiger partial charge on any atom is -0.391 e. The van der Waals surface area contributed by atoms with Crippen LogP contribution in [0.15, 0.2) is 18.2 Å². The molecule has 1 aromatic carbocycles. The number of halogens is 5. The third-order valence-corrected chi connectivity index (χ3v) is 2.20. The molecule has 17 heavy (non-hydrogen) atoms. The van der Waals surface area contributed by atoms with Crippen LogP contribution in [0.5, 0.6) is 0 Å². The number of rotatable bonds is 2. The Hall–Kier alpha value is -0.850. The fraction of sp³-hybridized carbons (Fsp3) is 0.400. The van der Waals surface area contributed by atoms with Gasteiger partial charge in [0.2, 0.25) is 0 Å². The van der Waals surface area contributed by atoms with Crippen LogP contribution in [0, 0.1) is 5.82 Å². The fourth-order valence-corrected chi connectivity index (χ4v) is 1.25. The van der Waals surface area contributed by atoms with Crippen molar-refractivity contribution in [1.82, 2.24) is 0 Å². The summed E-state index contributed by atoms with van der Waals surface area (Å²) in [5, 5.41) is 9.12. The van der Waals surface area contributed by atoms with E-state index in [2.05, 4.69) is 0 Å². The maximum absolute atomic E-state index is 13.1. The number of aliphatic hydroxyl groups excluding tert-OH is 1. The lowest BCUT2D eigenvalue weighted by atomic mass is 10.0. The highest BCUT2D eigenvalue weighted by Gasteiger charge is 2.34. The van der Waals surface area contributed by atoms with E-state index in [1.54, 1.807) is 0 Å². The Morgan fingerprint density at radius 1 is 1.29 bits per heavy atom. The van der Waals surface area contributed by atoms with Gasteiger partial charge in [0.05, 0.1) is 17.7 Å². The molecule has 0 radical (unpaired) electrons. The van der Waals surface area contributed by atoms with Crippen molar-refractivity contribution in [1.29, 1.82) is 0 Å². The number of hydrogen-bond acceptors (Lipinski definition) is 2. The first-order valence-corrected chi connectivity index (χ1v) is 4.53. The maximum atomic E-state index is 13.1. The van der Waals surface area contributed by atoms with Gasteiger partial charge in [0.15, 0.2) is 0 Å². The van der Waals surface area contributed by atoms with E-state index in [1.165, 1.54) is 6.92 Å². The van der Waals surface area contributed by atoms with E-state index in [0.29, 0.717) is 12.1 Å². The average Bonchev–Trinajstić information content (AvgIpc) is 2.14. The van der Waals surface area contributed by atoms with Gasteiger partial charge in [0.1, 0.15) is 5.82 Å². The molecule has 0 amide bonds. The van der Waals surface area contributed by atoms with Crippen molar-refractivity contribution in [2.75, 3.05) is 0 Å². The molecule has 0 saturated heterocycles. The van der Waals surface area contributed by atoms with Gasteiger partial charge in [-0.25, -0.2) is 4.39 Å². The van der Waals surface area contributed by atoms with E-state index in [1.807, 2.05) is 0 Å². The SMILES string of the molecule is C[C@@H](O)[C@@H](N)c1ccc(C(F)(F)F)c(F)c1.Cl. The second-order valence-electron chi connectivity index (χ2n) is 3.50. The largest absolute Gasteiger partial charge is 0.419 e. The van der Waals surface area contributed by atoms with Gasteiger partial charge in [0, 0.05) is 0 Å². The van der Waals surface area contributed by atoms with Gasteiger partial charge >= 0.3 is 6.18 Å². The molecule has 0 aromatic heterocycles. The Bertz CT molecular complexity index is 381. The van der Waals surface area contributed by atoms with E-state index in [0.717, 1.165) is 6.07 Å². The highest BCUT2D eigenvalue weighted by molar-refractivity contribution is 5.85. The van der Waals surface area contributed by atoms with Crippen molar-refractivity contribution in [3.63, 3.8) is 0 Å². The lowest BCUT2D eigenvalue weighted by molar-refractivity contribution is -0.140. The molecule has 2 nitrogen and oxygen atoms in total. The van der Waals surface area contributed by atoms with E-state index >= 15 is 0 Å². The molecule has 1 rings (SSSR count). The van der Waals surface area contributed by atoms with Gasteiger partial charge in [0.25, 0.3) is 0 Å². The fourth-order valence-electron chi connectivity index (χ4n) is 1.25. The van der Waals surface area contributed by atoms with Gasteiger partial charge in [-0.15, -0.1) is 12.4 Å². The van der Waals surface area contributed by atoms with Crippen molar-refractivity contribution < 1.29 is 22.7 Å². The smallest absolute Gasteiger partial charge is 0.391 e. The second kappa shape index (κ2) is 5.66. The highest BCUT2D eigenvalue weighted by atomic mass is 35.5. The number of aliphatic hydroxyl groups is 1. The second-order valence-corrected chi connectivity index (χ2v) is 3.50. The van der Waals surface area contributed by atoms with Crippen LogP contribution in [-0.2, 0) is 6.18 Å². The first-order valence-electron chi connectivity index (χ1n) is 4.53. The van der Waals surface area contributed by atoms with Crippen molar-refractivity contribution in [2.24, 2.45) is 5.73 Å². The predicted molar refractivity (Wildman–Crippen MR) is 57.3 cm³/mol. The van der Waals surface area contributed by atoms with Crippen LogP contribution in [-0.4, -0.2) is 11.2 Å². The normalized spacial score (nSPS) is 15.0. The van der Waals surface area contributed by atoms with Crippen molar-refractivity contribution in [3.8, 4) is 0 Å². The molecule has 0 unspecified atom stereocenters. The highest BCUT2D eigenvalue weighted by Crippen LogP contribution is 2.32. The molecule has 7 heteroatoms. The van der Waals surface area contributed by atoms with E-state index in [-0.39, 0.29) is 18.0 Å². The van der Waals surface area contributed by atoms with Crippen LogP contribution in [0.25, 0.3) is 0 Å². The minimum absolute atomic E-state index is 0. The number of benzene rings is 1. The molecule has 0 bridgehead atoms. The van der Waals surface area contributed by atoms with Crippen LogP contribution >= 0.6 is 12.4 Å². The molecule has 0 aliphatic heterocycles. The molecule has 0 saturated carbocycles. The van der Waals surface area contributed by atoms with Crippen LogP contribution in [0.4, 0.5) is 17.6 Å². The predicted octanol–water partition coefficient (Wildman–Crippen LogP) is 2.65. The van der Waals surface area contributed by atoms with Gasteiger partial charge in [-0.2, -0.15) is 13.2 Å². The van der Waals surface area contributed by atoms with E-state index < -0.39 is 29.7 Å². The molecular formula is C10H12ClF4NO. The Morgan fingerprint density at radius 3 is 2.18 bits per heavy atom. The molecule has 0 aliphatic rings. The zero-order valence-electron chi connectivity index (χ0n) is 8.83. The topological polar surface area (TPSA) is 46.2 Å². The van der Waals surface area contributed by atoms with E-state index in [4.69, 9.17) is 10.8 Å². The third kappa shape index (κ3) is 3.83. The van der Waals surface area contributed by atoms with Gasteiger partial charge in [-0.1, -0.05) is 6.07 Å². The van der Waals surface area contributed by atoms with Crippen molar-refractivity contribution >= 4 is 12.4 Å². The van der Waals surface area contributed by atoms with Crippen LogP contribution in [0.3, 0.4) is 0 Å². The molecule has 3 N–H and O–H groups in total. The quantitative estimate of drug-likeness (QED) is 0.814. The monoisotopic (exact) mass is 273 g/mol. The van der Waals surface area contributed by atoms with Gasteiger partial charge < -0.3 is 10.8 Å². The van der Waals surface area contributed by atoms with Crippen LogP contribution in [0.1, 0.15) is 24.1 Å². The minimum atomic E-state index is -4.72. The summed E-state index contributed by atoms with van der Waals surface area (Å²) in [4.78, 5) is 0. The lowest BCUT2D eigenvalue weighted by Gasteiger charge is -2.16. The third-order valence-electron chi connectivity index (χ3n) is 2.20. The Labute approximate surface area is 102 Å². The molecule has 0 spiro atoms. The molecule has 1 aromatic rings. The van der Waals surface area contributed by atoms with Crippen LogP contribution in [0.2, 0.25) is 0 Å². The van der Waals surface area contributed by atoms with Crippen LogP contribution < -0.4 is 5.73 Å². The molecule has 0 fully saturated rings. The molecule has 0 aliphatic carbocycles. The number of alkyl halides is 3. The van der Waals surface area contributed by atoms with Crippen molar-refractivity contribution in [2.45, 2.75) is 25.2 Å². The first kappa shape index (κ1) is 16.1. The van der Waals surface area contributed by atoms with Crippen molar-refractivity contribution in [3.05, 3.63) is 35.1 Å². The first-order chi connectivity index (χ1) is 7.23. The molecule has 2 atom stereocenters. The summed E-state index contributed by atoms with van der Waals surface area (Å²) in [5.41, 5.74) is 4.25. The Morgan fingerprint density at radius 2 is 1.82 bits per heavy atom. The Kier molecular flexibility index (Phi) is 5.38. The molecular weight excluding hydrogens is 262 g/mol. The molecule has 0 heterocycles. The molecule has 98 valence electrons. The standard InChI is InChI=1S/C10H11F4NO.ClH/c1-5(16)9(15)6-2-3-7(8(11)4-6)10(12,13)14;/h2-5,9,16H,15H2,1H3;1H/t5-,9-;/m1./s1. The zero-order valence-corrected chi connectivity index (χ0v) is 9.65. The Balaban J connectivity index is 0.00000256. The summed E-state index contributed by atoms with van der Waals surface area (Å²) in [6, 6.07) is 1.47. The lowest BCUT2D eigenvalue weighted by Crippen LogP contribution is -2.23. The summed E-state index contributed by atoms with van der Waals surface area (Å²) in [7, 11) is 0. The summed E-state index contributed by atoms with van der Waals surface area (Å²) in [6.45, 7) is 1.38. The summed E-state index contributed by atoms with van der Waals surface area (Å²) in [5.74, 6) is -1.39. The maximum Gasteiger partial charge on any atom is 0.419 e. The van der Waals surface area contributed by atoms with Gasteiger partial charge in [-0.05, 0) is 24.6 Å².